The third-order valence-electron chi connectivity index (χ3n) is 4.51. The lowest BCUT2D eigenvalue weighted by molar-refractivity contribution is -0.132. The van der Waals surface area contributed by atoms with E-state index in [0.29, 0.717) is 11.5 Å². The Morgan fingerprint density at radius 1 is 1.03 bits per heavy atom. The van der Waals surface area contributed by atoms with Crippen LogP contribution in [0, 0.1) is 0 Å². The van der Waals surface area contributed by atoms with E-state index < -0.39 is 31.2 Å². The van der Waals surface area contributed by atoms with Crippen molar-refractivity contribution in [1.29, 1.82) is 0 Å². The molecule has 0 fully saturated rings. The molecule has 2 amide bonds. The van der Waals surface area contributed by atoms with Gasteiger partial charge in [-0.3, -0.25) is 9.59 Å². The number of rotatable bonds is 9. The van der Waals surface area contributed by atoms with Crippen molar-refractivity contribution in [3.63, 3.8) is 0 Å². The van der Waals surface area contributed by atoms with Crippen LogP contribution in [0.4, 0.5) is 0 Å². The van der Waals surface area contributed by atoms with Crippen molar-refractivity contribution in [1.82, 2.24) is 4.90 Å². The number of hydrogen-bond acceptors (Lipinski definition) is 6. The summed E-state index contributed by atoms with van der Waals surface area (Å²) >= 11 is 0. The molecule has 4 N–H and O–H groups in total. The van der Waals surface area contributed by atoms with E-state index in [4.69, 9.17) is 20.5 Å². The maximum absolute atomic E-state index is 14.0. The molecular formula is C21H24N3O5P. The number of nitrogens with two attached hydrogens (primary N) is 2. The van der Waals surface area contributed by atoms with E-state index in [9.17, 15) is 14.2 Å². The molecule has 2 aromatic carbocycles. The molecule has 1 unspecified atom stereocenters. The molecule has 30 heavy (non-hydrogen) atoms. The lowest BCUT2D eigenvalue weighted by Crippen LogP contribution is -2.47. The molecule has 1 heterocycles. The Kier molecular flexibility index (Phi) is 6.92. The van der Waals surface area contributed by atoms with Gasteiger partial charge in [-0.15, -0.1) is 0 Å². The number of hydrogen-bond donors (Lipinski definition) is 2. The first-order valence-corrected chi connectivity index (χ1v) is 11.1. The second kappa shape index (κ2) is 9.61. The highest BCUT2D eigenvalue weighted by atomic mass is 31.2. The maximum atomic E-state index is 14.0. The van der Waals surface area contributed by atoms with Gasteiger partial charge in [0, 0.05) is 13.0 Å². The van der Waals surface area contributed by atoms with Gasteiger partial charge >= 0.3 is 7.60 Å². The topological polar surface area (TPSA) is 125 Å². The van der Waals surface area contributed by atoms with Crippen molar-refractivity contribution in [2.45, 2.75) is 24.7 Å². The molecule has 1 aliphatic rings. The molecule has 2 atom stereocenters. The summed E-state index contributed by atoms with van der Waals surface area (Å²) in [6.45, 7) is 0.202. The van der Waals surface area contributed by atoms with Gasteiger partial charge in [-0.05, 0) is 36.8 Å². The highest BCUT2D eigenvalue weighted by Crippen LogP contribution is 2.55. The monoisotopic (exact) mass is 429 g/mol. The van der Waals surface area contributed by atoms with E-state index in [2.05, 4.69) is 0 Å². The normalized spacial score (nSPS) is 16.8. The molecule has 8 nitrogen and oxygen atoms in total. The predicted molar refractivity (Wildman–Crippen MR) is 113 cm³/mol. The minimum Gasteiger partial charge on any atom is -0.415 e. The Labute approximate surface area is 175 Å². The fourth-order valence-electron chi connectivity index (χ4n) is 3.02. The number of para-hydroxylation sites is 2. The molecule has 2 aromatic rings. The molecule has 0 aliphatic carbocycles. The third-order valence-corrected chi connectivity index (χ3v) is 6.54. The van der Waals surface area contributed by atoms with Crippen LogP contribution in [0.5, 0.6) is 11.5 Å². The van der Waals surface area contributed by atoms with Gasteiger partial charge in [0.05, 0.1) is 6.04 Å². The summed E-state index contributed by atoms with van der Waals surface area (Å²) < 4.78 is 25.6. The van der Waals surface area contributed by atoms with Crippen LogP contribution in [-0.4, -0.2) is 35.1 Å². The minimum absolute atomic E-state index is 0.0163. The molecule has 158 valence electrons. The van der Waals surface area contributed by atoms with Crippen LogP contribution in [-0.2, 0) is 14.2 Å². The highest BCUT2D eigenvalue weighted by molar-refractivity contribution is 7.55. The van der Waals surface area contributed by atoms with Gasteiger partial charge in [0.25, 0.3) is 0 Å². The molecule has 0 saturated heterocycles. The predicted octanol–water partition coefficient (Wildman–Crippen LogP) is 2.65. The average Bonchev–Trinajstić information content (AvgIpc) is 3.23. The van der Waals surface area contributed by atoms with E-state index in [0.717, 1.165) is 0 Å². The summed E-state index contributed by atoms with van der Waals surface area (Å²) in [5.41, 5.74) is 11.1. The zero-order valence-electron chi connectivity index (χ0n) is 16.3. The van der Waals surface area contributed by atoms with Gasteiger partial charge in [0.15, 0.2) is 5.78 Å². The molecule has 0 radical (unpaired) electrons. The molecule has 0 bridgehead atoms. The average molecular weight is 429 g/mol. The number of benzene rings is 2. The van der Waals surface area contributed by atoms with Gasteiger partial charge in [-0.2, -0.15) is 0 Å². The summed E-state index contributed by atoms with van der Waals surface area (Å²) in [6.07, 6.45) is 3.41. The zero-order valence-corrected chi connectivity index (χ0v) is 17.2. The largest absolute Gasteiger partial charge is 0.457 e. The lowest BCUT2D eigenvalue weighted by atomic mass is 10.1. The summed E-state index contributed by atoms with van der Waals surface area (Å²) in [5, 5.41) is 0. The minimum atomic E-state index is -3.93. The van der Waals surface area contributed by atoms with Crippen LogP contribution in [0.25, 0.3) is 0 Å². The Balaban J connectivity index is 1.87. The number of primary amides is 1. The lowest BCUT2D eigenvalue weighted by Gasteiger charge is -2.32. The third kappa shape index (κ3) is 5.28. The molecule has 3 rings (SSSR count). The van der Waals surface area contributed by atoms with Crippen LogP contribution >= 0.6 is 7.60 Å². The molecule has 0 saturated carbocycles. The first-order valence-electron chi connectivity index (χ1n) is 9.49. The zero-order chi connectivity index (χ0) is 21.6. The maximum Gasteiger partial charge on any atom is 0.457 e. The molecular weight excluding hydrogens is 405 g/mol. The molecule has 0 spiro atoms. The van der Waals surface area contributed by atoms with Crippen molar-refractivity contribution in [3.8, 4) is 11.5 Å². The van der Waals surface area contributed by atoms with Crippen LogP contribution in [0.1, 0.15) is 12.8 Å². The molecule has 0 aromatic heterocycles. The SMILES string of the molecule is NC(=O)CC[C@H](N)C(=O)N1CC=CC1P(=O)(Oc1ccccc1)Oc1ccccc1. The molecule has 9 heteroatoms. The van der Waals surface area contributed by atoms with Crippen molar-refractivity contribution in [2.24, 2.45) is 11.5 Å². The van der Waals surface area contributed by atoms with Gasteiger partial charge in [0.2, 0.25) is 11.8 Å². The van der Waals surface area contributed by atoms with Crippen molar-refractivity contribution >= 4 is 19.4 Å². The summed E-state index contributed by atoms with van der Waals surface area (Å²) in [7, 11) is -3.93. The number of nitrogens with zero attached hydrogens (tertiary/aromatic N) is 1. The summed E-state index contributed by atoms with van der Waals surface area (Å²) in [4.78, 5) is 25.3. The Morgan fingerprint density at radius 3 is 2.07 bits per heavy atom. The fraction of sp³-hybridized carbons (Fsp3) is 0.238. The van der Waals surface area contributed by atoms with Crippen LogP contribution in [0.3, 0.4) is 0 Å². The second-order valence-electron chi connectivity index (χ2n) is 6.79. The van der Waals surface area contributed by atoms with Gasteiger partial charge in [-0.25, -0.2) is 4.57 Å². The van der Waals surface area contributed by atoms with E-state index in [1.54, 1.807) is 72.8 Å². The van der Waals surface area contributed by atoms with Gasteiger partial charge < -0.3 is 25.4 Å². The first kappa shape index (κ1) is 21.6. The van der Waals surface area contributed by atoms with Crippen molar-refractivity contribution < 1.29 is 23.2 Å². The number of carbonyl (C=O) groups excluding carboxylic acids is 2. The van der Waals surface area contributed by atoms with E-state index >= 15 is 0 Å². The Bertz CT molecular complexity index is 906. The molecule has 1 aliphatic heterocycles. The Hall–Kier alpha value is -3.09. The first-order chi connectivity index (χ1) is 14.4. The Morgan fingerprint density at radius 2 is 1.57 bits per heavy atom. The number of amides is 2. The van der Waals surface area contributed by atoms with Crippen LogP contribution in [0.15, 0.2) is 72.8 Å². The van der Waals surface area contributed by atoms with E-state index in [1.807, 2.05) is 0 Å². The quantitative estimate of drug-likeness (QED) is 0.466. The summed E-state index contributed by atoms with van der Waals surface area (Å²) in [6, 6.07) is 16.3. The van der Waals surface area contributed by atoms with Crippen molar-refractivity contribution in [3.05, 3.63) is 72.8 Å². The number of carbonyl (C=O) groups is 2. The smallest absolute Gasteiger partial charge is 0.415 e. The van der Waals surface area contributed by atoms with Crippen molar-refractivity contribution in [2.75, 3.05) is 6.54 Å². The fourth-order valence-corrected chi connectivity index (χ4v) is 4.99. The van der Waals surface area contributed by atoms with Crippen LogP contribution in [0.2, 0.25) is 0 Å². The van der Waals surface area contributed by atoms with Crippen LogP contribution < -0.4 is 20.5 Å². The van der Waals surface area contributed by atoms with Gasteiger partial charge in [0.1, 0.15) is 11.5 Å². The standard InChI is InChI=1S/C21H24N3O5P/c22-18(13-14-19(23)25)21(26)24-15-7-12-20(24)30(27,28-16-8-3-1-4-9-16)29-17-10-5-2-6-11-17/h1-12,18,20H,13-15,22H2,(H2,23,25)/t18-,20?/m0/s1. The summed E-state index contributed by atoms with van der Waals surface area (Å²) in [5.74, 6) is -1.27. The van der Waals surface area contributed by atoms with E-state index in [1.165, 1.54) is 4.90 Å². The van der Waals surface area contributed by atoms with Gasteiger partial charge in [-0.1, -0.05) is 42.5 Å². The highest BCUT2D eigenvalue weighted by Gasteiger charge is 2.46. The second-order valence-corrected chi connectivity index (χ2v) is 8.77. The van der Waals surface area contributed by atoms with E-state index in [-0.39, 0.29) is 19.4 Å².